The normalized spacial score (nSPS) is 24.8. The van der Waals surface area contributed by atoms with Gasteiger partial charge in [-0.1, -0.05) is 0 Å². The quantitative estimate of drug-likeness (QED) is 0.770. The zero-order valence-electron chi connectivity index (χ0n) is 13.5. The van der Waals surface area contributed by atoms with Crippen molar-refractivity contribution in [1.29, 1.82) is 0 Å². The molecule has 120 valence electrons. The van der Waals surface area contributed by atoms with E-state index in [1.807, 2.05) is 13.8 Å². The summed E-state index contributed by atoms with van der Waals surface area (Å²) in [5.41, 5.74) is 2.41. The van der Waals surface area contributed by atoms with Gasteiger partial charge in [0.05, 0.1) is 19.8 Å². The summed E-state index contributed by atoms with van der Waals surface area (Å²) in [6.45, 7) is 5.12. The number of methoxy groups -OCH3 is 1. The van der Waals surface area contributed by atoms with Crippen LogP contribution in [0, 0.1) is 6.92 Å². The van der Waals surface area contributed by atoms with E-state index < -0.39 is 6.10 Å². The molecule has 1 fully saturated rings. The Balaban J connectivity index is 1.92. The van der Waals surface area contributed by atoms with Crippen molar-refractivity contribution < 1.29 is 14.3 Å². The lowest BCUT2D eigenvalue weighted by atomic mass is 9.95. The molecule has 6 heteroatoms. The lowest BCUT2D eigenvalue weighted by Gasteiger charge is -2.37. The Kier molecular flexibility index (Phi) is 4.29. The first kappa shape index (κ1) is 15.2. The summed E-state index contributed by atoms with van der Waals surface area (Å²) in [5, 5.41) is 0. The Morgan fingerprint density at radius 1 is 1.27 bits per heavy atom. The first-order chi connectivity index (χ1) is 10.6. The smallest absolute Gasteiger partial charge is 0.336 e. The maximum absolute atomic E-state index is 11.8. The average Bonchev–Trinajstić information content (AvgIpc) is 2.52. The fourth-order valence-electron chi connectivity index (χ4n) is 3.34. The fourth-order valence-corrected chi connectivity index (χ4v) is 3.34. The Hall–Kier alpha value is -1.69. The molecule has 1 aliphatic heterocycles. The number of carbonyl (C=O) groups excluding carboxylic acids is 1. The summed E-state index contributed by atoms with van der Waals surface area (Å²) in [4.78, 5) is 23.3. The first-order valence-electron chi connectivity index (χ1n) is 7.93. The number of esters is 1. The second kappa shape index (κ2) is 6.20. The molecule has 0 amide bonds. The minimum absolute atomic E-state index is 0.0349. The van der Waals surface area contributed by atoms with Crippen molar-refractivity contribution in [3.63, 3.8) is 0 Å². The molecule has 0 saturated carbocycles. The van der Waals surface area contributed by atoms with Crippen LogP contribution < -0.4 is 4.90 Å². The maximum atomic E-state index is 11.8. The lowest BCUT2D eigenvalue weighted by molar-refractivity contribution is -0.158. The standard InChI is InChI=1S/C16H23N3O3/c1-10-8-19(9-14(22-10)16(20)21-3)15-12-6-4-5-7-13(12)17-11(2)18-15/h10,14H,4-9H2,1-3H3/t10-,14?/m1/s1. The van der Waals surface area contributed by atoms with Gasteiger partial charge in [0.15, 0.2) is 6.10 Å². The Morgan fingerprint density at radius 3 is 2.82 bits per heavy atom. The van der Waals surface area contributed by atoms with Crippen molar-refractivity contribution >= 4 is 11.8 Å². The van der Waals surface area contributed by atoms with Crippen molar-refractivity contribution in [2.75, 3.05) is 25.1 Å². The van der Waals surface area contributed by atoms with E-state index in [-0.39, 0.29) is 12.1 Å². The van der Waals surface area contributed by atoms with Gasteiger partial charge in [0.1, 0.15) is 11.6 Å². The highest BCUT2D eigenvalue weighted by Gasteiger charge is 2.33. The molecule has 2 heterocycles. The Bertz CT molecular complexity index is 576. The largest absolute Gasteiger partial charge is 0.467 e. The van der Waals surface area contributed by atoms with Crippen LogP contribution in [-0.4, -0.2) is 48.3 Å². The lowest BCUT2D eigenvalue weighted by Crippen LogP contribution is -2.50. The predicted molar refractivity (Wildman–Crippen MR) is 82.0 cm³/mol. The fraction of sp³-hybridized carbons (Fsp3) is 0.688. The molecular weight excluding hydrogens is 282 g/mol. The molecule has 2 aliphatic rings. The van der Waals surface area contributed by atoms with Gasteiger partial charge in [0.25, 0.3) is 0 Å². The van der Waals surface area contributed by atoms with E-state index >= 15 is 0 Å². The van der Waals surface area contributed by atoms with Crippen LogP contribution in [0.5, 0.6) is 0 Å². The minimum atomic E-state index is -0.553. The number of rotatable bonds is 2. The molecule has 0 bridgehead atoms. The SMILES string of the molecule is COC(=O)C1CN(c2nc(C)nc3c2CCCC3)C[C@@H](C)O1. The van der Waals surface area contributed by atoms with Gasteiger partial charge in [-0.25, -0.2) is 14.8 Å². The predicted octanol–water partition coefficient (Wildman–Crippen LogP) is 1.43. The van der Waals surface area contributed by atoms with E-state index in [1.54, 1.807) is 0 Å². The second-order valence-corrected chi connectivity index (χ2v) is 6.09. The third-order valence-corrected chi connectivity index (χ3v) is 4.30. The molecule has 0 spiro atoms. The maximum Gasteiger partial charge on any atom is 0.336 e. The van der Waals surface area contributed by atoms with E-state index in [4.69, 9.17) is 9.47 Å². The number of ether oxygens (including phenoxy) is 2. The number of anilines is 1. The second-order valence-electron chi connectivity index (χ2n) is 6.09. The van der Waals surface area contributed by atoms with Gasteiger partial charge in [0.2, 0.25) is 0 Å². The molecule has 1 aliphatic carbocycles. The van der Waals surface area contributed by atoms with Gasteiger partial charge in [-0.15, -0.1) is 0 Å². The summed E-state index contributed by atoms with van der Waals surface area (Å²) < 4.78 is 10.5. The molecule has 1 unspecified atom stereocenters. The molecule has 6 nitrogen and oxygen atoms in total. The van der Waals surface area contributed by atoms with Crippen LogP contribution in [0.4, 0.5) is 5.82 Å². The summed E-state index contributed by atoms with van der Waals surface area (Å²) >= 11 is 0. The van der Waals surface area contributed by atoms with E-state index in [9.17, 15) is 4.79 Å². The van der Waals surface area contributed by atoms with Gasteiger partial charge in [-0.3, -0.25) is 0 Å². The molecule has 0 N–H and O–H groups in total. The molecule has 0 aromatic carbocycles. The average molecular weight is 305 g/mol. The van der Waals surface area contributed by atoms with Crippen molar-refractivity contribution in [3.05, 3.63) is 17.1 Å². The summed E-state index contributed by atoms with van der Waals surface area (Å²) in [7, 11) is 1.39. The topological polar surface area (TPSA) is 64.5 Å². The van der Waals surface area contributed by atoms with Crippen molar-refractivity contribution in [2.24, 2.45) is 0 Å². The molecule has 22 heavy (non-hydrogen) atoms. The van der Waals surface area contributed by atoms with E-state index in [2.05, 4.69) is 14.9 Å². The number of hydrogen-bond acceptors (Lipinski definition) is 6. The van der Waals surface area contributed by atoms with Gasteiger partial charge in [-0.05, 0) is 39.5 Å². The number of carbonyl (C=O) groups is 1. The van der Waals surface area contributed by atoms with Crippen molar-refractivity contribution in [2.45, 2.75) is 51.7 Å². The molecule has 0 radical (unpaired) electrons. The van der Waals surface area contributed by atoms with E-state index in [0.29, 0.717) is 6.54 Å². The van der Waals surface area contributed by atoms with Gasteiger partial charge < -0.3 is 14.4 Å². The van der Waals surface area contributed by atoms with Crippen LogP contribution in [0.3, 0.4) is 0 Å². The molecule has 2 atom stereocenters. The summed E-state index contributed by atoms with van der Waals surface area (Å²) in [5.74, 6) is 1.45. The molecular formula is C16H23N3O3. The third-order valence-electron chi connectivity index (χ3n) is 4.30. The van der Waals surface area contributed by atoms with Crippen molar-refractivity contribution in [3.8, 4) is 0 Å². The third kappa shape index (κ3) is 2.92. The molecule has 1 aromatic rings. The van der Waals surface area contributed by atoms with Crippen LogP contribution in [0.15, 0.2) is 0 Å². The summed E-state index contributed by atoms with van der Waals surface area (Å²) in [6, 6.07) is 0. The highest BCUT2D eigenvalue weighted by Crippen LogP contribution is 2.30. The first-order valence-corrected chi connectivity index (χ1v) is 7.93. The van der Waals surface area contributed by atoms with Crippen LogP contribution in [-0.2, 0) is 27.1 Å². The number of fused-ring (bicyclic) bond motifs is 1. The monoisotopic (exact) mass is 305 g/mol. The number of aryl methyl sites for hydroxylation is 2. The summed E-state index contributed by atoms with van der Waals surface area (Å²) in [6.07, 6.45) is 3.81. The van der Waals surface area contributed by atoms with E-state index in [1.165, 1.54) is 31.2 Å². The van der Waals surface area contributed by atoms with Crippen molar-refractivity contribution in [1.82, 2.24) is 9.97 Å². The highest BCUT2D eigenvalue weighted by molar-refractivity contribution is 5.76. The van der Waals surface area contributed by atoms with E-state index in [0.717, 1.165) is 31.0 Å². The van der Waals surface area contributed by atoms with Crippen LogP contribution >= 0.6 is 0 Å². The molecule has 1 aromatic heterocycles. The van der Waals surface area contributed by atoms with Crippen LogP contribution in [0.1, 0.15) is 36.8 Å². The van der Waals surface area contributed by atoms with Gasteiger partial charge in [-0.2, -0.15) is 0 Å². The number of nitrogens with zero attached hydrogens (tertiary/aromatic N) is 3. The van der Waals surface area contributed by atoms with Crippen LogP contribution in [0.2, 0.25) is 0 Å². The highest BCUT2D eigenvalue weighted by atomic mass is 16.6. The zero-order valence-corrected chi connectivity index (χ0v) is 13.5. The van der Waals surface area contributed by atoms with Gasteiger partial charge in [0, 0.05) is 17.8 Å². The number of morpholine rings is 1. The molecule has 1 saturated heterocycles. The molecule has 3 rings (SSSR count). The van der Waals surface area contributed by atoms with Gasteiger partial charge >= 0.3 is 5.97 Å². The number of aromatic nitrogens is 2. The number of hydrogen-bond donors (Lipinski definition) is 0. The Morgan fingerprint density at radius 2 is 2.05 bits per heavy atom. The Labute approximate surface area is 130 Å². The minimum Gasteiger partial charge on any atom is -0.467 e. The zero-order chi connectivity index (χ0) is 15.7. The van der Waals surface area contributed by atoms with Crippen LogP contribution in [0.25, 0.3) is 0 Å².